The molecule has 0 aliphatic carbocycles. The van der Waals surface area contributed by atoms with Crippen molar-refractivity contribution in [2.75, 3.05) is 11.1 Å². The van der Waals surface area contributed by atoms with Gasteiger partial charge in [0.25, 0.3) is 0 Å². The predicted molar refractivity (Wildman–Crippen MR) is 84.2 cm³/mol. The SMILES string of the molecule is O=C(CSc1ccccc1C(=O)O)Nc1ccc(C(F)(F)F)cc1. The van der Waals surface area contributed by atoms with Gasteiger partial charge in [0.1, 0.15) is 0 Å². The normalized spacial score (nSPS) is 11.1. The van der Waals surface area contributed by atoms with Crippen molar-refractivity contribution in [3.63, 3.8) is 0 Å². The number of benzene rings is 2. The number of amides is 1. The van der Waals surface area contributed by atoms with Crippen LogP contribution in [0.5, 0.6) is 0 Å². The molecular weight excluding hydrogens is 343 g/mol. The number of anilines is 1. The minimum atomic E-state index is -4.43. The predicted octanol–water partition coefficient (Wildman–Crippen LogP) is 4.13. The molecule has 2 aromatic carbocycles. The van der Waals surface area contributed by atoms with Crippen LogP contribution in [-0.4, -0.2) is 22.7 Å². The van der Waals surface area contributed by atoms with Gasteiger partial charge in [-0.25, -0.2) is 4.79 Å². The van der Waals surface area contributed by atoms with Crippen molar-refractivity contribution < 1.29 is 27.9 Å². The molecule has 0 unspecified atom stereocenters. The highest BCUT2D eigenvalue weighted by Crippen LogP contribution is 2.30. The van der Waals surface area contributed by atoms with Crippen molar-refractivity contribution in [3.8, 4) is 0 Å². The smallest absolute Gasteiger partial charge is 0.416 e. The van der Waals surface area contributed by atoms with Crippen LogP contribution >= 0.6 is 11.8 Å². The summed E-state index contributed by atoms with van der Waals surface area (Å²) in [6.07, 6.45) is -4.43. The number of carboxylic acids is 1. The van der Waals surface area contributed by atoms with Crippen LogP contribution in [0.15, 0.2) is 53.4 Å². The molecule has 8 heteroatoms. The zero-order chi connectivity index (χ0) is 17.7. The minimum absolute atomic E-state index is 0.0642. The van der Waals surface area contributed by atoms with Crippen LogP contribution in [-0.2, 0) is 11.0 Å². The summed E-state index contributed by atoms with van der Waals surface area (Å²) < 4.78 is 37.4. The van der Waals surface area contributed by atoms with Gasteiger partial charge in [0.05, 0.1) is 16.9 Å². The van der Waals surface area contributed by atoms with E-state index in [1.807, 2.05) is 0 Å². The largest absolute Gasteiger partial charge is 0.478 e. The van der Waals surface area contributed by atoms with Crippen molar-refractivity contribution in [2.24, 2.45) is 0 Å². The van der Waals surface area contributed by atoms with Gasteiger partial charge in [-0.05, 0) is 36.4 Å². The molecule has 0 aliphatic rings. The maximum Gasteiger partial charge on any atom is 0.416 e. The summed E-state index contributed by atoms with van der Waals surface area (Å²) in [5, 5.41) is 11.5. The van der Waals surface area contributed by atoms with E-state index in [1.165, 1.54) is 6.07 Å². The van der Waals surface area contributed by atoms with E-state index in [9.17, 15) is 22.8 Å². The van der Waals surface area contributed by atoms with E-state index in [-0.39, 0.29) is 17.0 Å². The number of nitrogens with one attached hydrogen (secondary N) is 1. The lowest BCUT2D eigenvalue weighted by Crippen LogP contribution is -2.14. The van der Waals surface area contributed by atoms with Gasteiger partial charge in [-0.3, -0.25) is 4.79 Å². The third kappa shape index (κ3) is 4.76. The minimum Gasteiger partial charge on any atom is -0.478 e. The molecular formula is C16H12F3NO3S. The van der Waals surface area contributed by atoms with Crippen molar-refractivity contribution in [1.82, 2.24) is 0 Å². The fourth-order valence-corrected chi connectivity index (χ4v) is 2.70. The lowest BCUT2D eigenvalue weighted by molar-refractivity contribution is -0.137. The molecule has 126 valence electrons. The average Bonchev–Trinajstić information content (AvgIpc) is 2.53. The van der Waals surface area contributed by atoms with Crippen molar-refractivity contribution >= 4 is 29.3 Å². The van der Waals surface area contributed by atoms with Crippen molar-refractivity contribution in [3.05, 3.63) is 59.7 Å². The number of thioether (sulfide) groups is 1. The summed E-state index contributed by atoms with van der Waals surface area (Å²) in [5.41, 5.74) is -0.477. The molecule has 0 saturated carbocycles. The Hall–Kier alpha value is -2.48. The third-order valence-corrected chi connectivity index (χ3v) is 4.05. The highest BCUT2D eigenvalue weighted by molar-refractivity contribution is 8.00. The van der Waals surface area contributed by atoms with Gasteiger partial charge in [0, 0.05) is 10.6 Å². The maximum atomic E-state index is 12.5. The van der Waals surface area contributed by atoms with Crippen LogP contribution in [0, 0.1) is 0 Å². The third-order valence-electron chi connectivity index (χ3n) is 2.97. The van der Waals surface area contributed by atoms with Gasteiger partial charge < -0.3 is 10.4 Å². The molecule has 0 aliphatic heterocycles. The Morgan fingerprint density at radius 2 is 1.67 bits per heavy atom. The molecule has 0 bridgehead atoms. The first-order chi connectivity index (χ1) is 11.3. The fraction of sp³-hybridized carbons (Fsp3) is 0.125. The molecule has 2 rings (SSSR count). The van der Waals surface area contributed by atoms with E-state index < -0.39 is 23.6 Å². The molecule has 0 aromatic heterocycles. The van der Waals surface area contributed by atoms with Crippen LogP contribution in [0.25, 0.3) is 0 Å². The monoisotopic (exact) mass is 355 g/mol. The van der Waals surface area contributed by atoms with E-state index in [1.54, 1.807) is 18.2 Å². The first kappa shape index (κ1) is 17.9. The number of carbonyl (C=O) groups is 2. The Kier molecular flexibility index (Phi) is 5.50. The molecule has 1 amide bonds. The van der Waals surface area contributed by atoms with Gasteiger partial charge in [-0.15, -0.1) is 11.8 Å². The topological polar surface area (TPSA) is 66.4 Å². The molecule has 2 N–H and O–H groups in total. The van der Waals surface area contributed by atoms with E-state index >= 15 is 0 Å². The standard InChI is InChI=1S/C16H12F3NO3S/c17-16(18,19)10-5-7-11(8-6-10)20-14(21)9-24-13-4-2-1-3-12(13)15(22)23/h1-8H,9H2,(H,20,21)(H,22,23). The van der Waals surface area contributed by atoms with Crippen LogP contribution in [0.2, 0.25) is 0 Å². The Morgan fingerprint density at radius 3 is 2.25 bits per heavy atom. The molecule has 0 spiro atoms. The molecule has 0 atom stereocenters. The molecule has 2 aromatic rings. The van der Waals surface area contributed by atoms with Crippen LogP contribution in [0.4, 0.5) is 18.9 Å². The van der Waals surface area contributed by atoms with Crippen LogP contribution < -0.4 is 5.32 Å². The lowest BCUT2D eigenvalue weighted by Gasteiger charge is -2.09. The lowest BCUT2D eigenvalue weighted by atomic mass is 10.2. The van der Waals surface area contributed by atoms with Gasteiger partial charge in [0.15, 0.2) is 0 Å². The molecule has 0 fully saturated rings. The van der Waals surface area contributed by atoms with Gasteiger partial charge >= 0.3 is 12.1 Å². The zero-order valence-corrected chi connectivity index (χ0v) is 12.9. The highest BCUT2D eigenvalue weighted by atomic mass is 32.2. The number of hydrogen-bond acceptors (Lipinski definition) is 3. The Labute approximate surface area is 139 Å². The Bertz CT molecular complexity index is 745. The fourth-order valence-electron chi connectivity index (χ4n) is 1.85. The molecule has 24 heavy (non-hydrogen) atoms. The number of rotatable bonds is 5. The van der Waals surface area contributed by atoms with Gasteiger partial charge in [-0.2, -0.15) is 13.2 Å². The molecule has 4 nitrogen and oxygen atoms in total. The first-order valence-electron chi connectivity index (χ1n) is 6.69. The summed E-state index contributed by atoms with van der Waals surface area (Å²) in [5.74, 6) is -1.60. The summed E-state index contributed by atoms with van der Waals surface area (Å²) in [4.78, 5) is 23.3. The number of aromatic carboxylic acids is 1. The molecule has 0 saturated heterocycles. The summed E-state index contributed by atoms with van der Waals surface area (Å²) in [7, 11) is 0. The number of hydrogen-bond donors (Lipinski definition) is 2. The van der Waals surface area contributed by atoms with Gasteiger partial charge in [0.2, 0.25) is 5.91 Å². The number of alkyl halides is 3. The second kappa shape index (κ2) is 7.39. The quantitative estimate of drug-likeness (QED) is 0.792. The first-order valence-corrected chi connectivity index (χ1v) is 7.68. The molecule has 0 radical (unpaired) electrons. The Morgan fingerprint density at radius 1 is 1.04 bits per heavy atom. The number of carboxylic acid groups (broad SMARTS) is 1. The Balaban J connectivity index is 1.96. The van der Waals surface area contributed by atoms with Crippen LogP contribution in [0.1, 0.15) is 15.9 Å². The van der Waals surface area contributed by atoms with E-state index in [0.717, 1.165) is 36.0 Å². The van der Waals surface area contributed by atoms with Crippen molar-refractivity contribution in [2.45, 2.75) is 11.1 Å². The van der Waals surface area contributed by atoms with E-state index in [2.05, 4.69) is 5.32 Å². The second-order valence-electron chi connectivity index (χ2n) is 4.71. The van der Waals surface area contributed by atoms with Crippen molar-refractivity contribution in [1.29, 1.82) is 0 Å². The maximum absolute atomic E-state index is 12.5. The van der Waals surface area contributed by atoms with Crippen LogP contribution in [0.3, 0.4) is 0 Å². The summed E-state index contributed by atoms with van der Waals surface area (Å²) in [6, 6.07) is 10.3. The number of halogens is 3. The number of carbonyl (C=O) groups excluding carboxylic acids is 1. The second-order valence-corrected chi connectivity index (χ2v) is 5.73. The zero-order valence-electron chi connectivity index (χ0n) is 12.1. The average molecular weight is 355 g/mol. The summed E-state index contributed by atoms with van der Waals surface area (Å²) >= 11 is 1.04. The van der Waals surface area contributed by atoms with E-state index in [4.69, 9.17) is 5.11 Å². The summed E-state index contributed by atoms with van der Waals surface area (Å²) in [6.45, 7) is 0. The highest BCUT2D eigenvalue weighted by Gasteiger charge is 2.29. The molecule has 0 heterocycles. The van der Waals surface area contributed by atoms with Gasteiger partial charge in [-0.1, -0.05) is 12.1 Å². The van der Waals surface area contributed by atoms with E-state index in [0.29, 0.717) is 4.90 Å².